The third kappa shape index (κ3) is 4.31. The Morgan fingerprint density at radius 1 is 1.38 bits per heavy atom. The van der Waals surface area contributed by atoms with Gasteiger partial charge in [-0.1, -0.05) is 32.1 Å². The lowest BCUT2D eigenvalue weighted by Gasteiger charge is -1.95. The molecule has 0 radical (unpaired) electrons. The summed E-state index contributed by atoms with van der Waals surface area (Å²) in [5.41, 5.74) is 0. The summed E-state index contributed by atoms with van der Waals surface area (Å²) < 4.78 is 10.6. The van der Waals surface area contributed by atoms with E-state index in [-0.39, 0.29) is 0 Å². The summed E-state index contributed by atoms with van der Waals surface area (Å²) in [6, 6.07) is 0. The number of hydrogen-bond acceptors (Lipinski definition) is 2. The van der Waals surface area contributed by atoms with Crippen LogP contribution in [-0.2, 0) is 9.47 Å². The molecule has 0 aromatic carbocycles. The summed E-state index contributed by atoms with van der Waals surface area (Å²) in [5.74, 6) is 2.44. The average Bonchev–Trinajstić information content (AvgIpc) is 2.85. The first-order valence-electron chi connectivity index (χ1n) is 5.05. The fourth-order valence-corrected chi connectivity index (χ4v) is 1.41. The number of unbranched alkanes of at least 4 members (excludes halogenated alkanes) is 2. The van der Waals surface area contributed by atoms with E-state index < -0.39 is 0 Å². The molecule has 0 aromatic rings. The maximum atomic E-state index is 5.42. The van der Waals surface area contributed by atoms with Gasteiger partial charge in [-0.3, -0.25) is 0 Å². The Morgan fingerprint density at radius 3 is 2.92 bits per heavy atom. The molecule has 0 spiro atoms. The fourth-order valence-electron chi connectivity index (χ4n) is 1.41. The molecule has 2 atom stereocenters. The normalized spacial score (nSPS) is 25.5. The van der Waals surface area contributed by atoms with Crippen molar-refractivity contribution in [2.75, 3.05) is 13.2 Å². The second-order valence-electron chi connectivity index (χ2n) is 3.43. The van der Waals surface area contributed by atoms with Crippen molar-refractivity contribution in [2.24, 2.45) is 0 Å². The molecule has 1 aliphatic rings. The zero-order chi connectivity index (χ0) is 9.52. The topological polar surface area (TPSA) is 21.8 Å². The minimum Gasteiger partial charge on any atom is -0.367 e. The lowest BCUT2D eigenvalue weighted by molar-refractivity contribution is 0.145. The molecule has 0 N–H and O–H groups in total. The van der Waals surface area contributed by atoms with Gasteiger partial charge in [0, 0.05) is 0 Å². The summed E-state index contributed by atoms with van der Waals surface area (Å²) in [5, 5.41) is 0. The van der Waals surface area contributed by atoms with Gasteiger partial charge in [0.25, 0.3) is 0 Å². The number of ether oxygens (including phenoxy) is 2. The standard InChI is InChI=1S/C11H18O2/c1-3-5-6-7-10-11(13-10)9-12-8-4-2/h2,10-11H,3,5-9H2,1H3/t10-,11+/m1/s1. The lowest BCUT2D eigenvalue weighted by atomic mass is 10.1. The van der Waals surface area contributed by atoms with Crippen molar-refractivity contribution in [3.05, 3.63) is 0 Å². The van der Waals surface area contributed by atoms with E-state index >= 15 is 0 Å². The van der Waals surface area contributed by atoms with Crippen LogP contribution in [0.4, 0.5) is 0 Å². The van der Waals surface area contributed by atoms with Gasteiger partial charge in [0.15, 0.2) is 0 Å². The van der Waals surface area contributed by atoms with Crippen LogP contribution in [0.2, 0.25) is 0 Å². The van der Waals surface area contributed by atoms with Crippen LogP contribution in [-0.4, -0.2) is 25.4 Å². The summed E-state index contributed by atoms with van der Waals surface area (Å²) in [6.07, 6.45) is 10.8. The monoisotopic (exact) mass is 182 g/mol. The van der Waals surface area contributed by atoms with Crippen LogP contribution < -0.4 is 0 Å². The molecule has 0 aromatic heterocycles. The van der Waals surface area contributed by atoms with E-state index in [9.17, 15) is 0 Å². The van der Waals surface area contributed by atoms with Crippen LogP contribution in [0.25, 0.3) is 0 Å². The van der Waals surface area contributed by atoms with E-state index in [1.807, 2.05) is 0 Å². The first kappa shape index (κ1) is 10.6. The van der Waals surface area contributed by atoms with Crippen molar-refractivity contribution < 1.29 is 9.47 Å². The van der Waals surface area contributed by atoms with Crippen LogP contribution in [0.15, 0.2) is 0 Å². The highest BCUT2D eigenvalue weighted by Crippen LogP contribution is 2.27. The van der Waals surface area contributed by atoms with E-state index in [1.165, 1.54) is 25.7 Å². The molecule has 2 heteroatoms. The smallest absolute Gasteiger partial charge is 0.107 e. The van der Waals surface area contributed by atoms with Crippen molar-refractivity contribution in [1.82, 2.24) is 0 Å². The van der Waals surface area contributed by atoms with Crippen LogP contribution in [0.5, 0.6) is 0 Å². The van der Waals surface area contributed by atoms with Crippen molar-refractivity contribution in [1.29, 1.82) is 0 Å². The summed E-state index contributed by atoms with van der Waals surface area (Å²) in [6.45, 7) is 3.28. The van der Waals surface area contributed by atoms with Gasteiger partial charge in [0.1, 0.15) is 12.7 Å². The Hall–Kier alpha value is -0.520. The second kappa shape index (κ2) is 6.01. The van der Waals surface area contributed by atoms with Crippen LogP contribution in [0.3, 0.4) is 0 Å². The van der Waals surface area contributed by atoms with Gasteiger partial charge in [0.05, 0.1) is 12.7 Å². The molecular weight excluding hydrogens is 164 g/mol. The predicted molar refractivity (Wildman–Crippen MR) is 52.5 cm³/mol. The third-order valence-electron chi connectivity index (χ3n) is 2.25. The van der Waals surface area contributed by atoms with Gasteiger partial charge in [-0.25, -0.2) is 0 Å². The van der Waals surface area contributed by atoms with Crippen molar-refractivity contribution in [3.63, 3.8) is 0 Å². The summed E-state index contributed by atoms with van der Waals surface area (Å²) >= 11 is 0. The minimum absolute atomic E-state index is 0.324. The van der Waals surface area contributed by atoms with Gasteiger partial charge in [0.2, 0.25) is 0 Å². The Kier molecular flexibility index (Phi) is 4.88. The fraction of sp³-hybridized carbons (Fsp3) is 0.818. The first-order valence-corrected chi connectivity index (χ1v) is 5.05. The minimum atomic E-state index is 0.324. The van der Waals surface area contributed by atoms with Gasteiger partial charge in [-0.05, 0) is 6.42 Å². The Morgan fingerprint density at radius 2 is 2.23 bits per heavy atom. The molecule has 0 amide bonds. The van der Waals surface area contributed by atoms with Crippen LogP contribution >= 0.6 is 0 Å². The molecule has 74 valence electrons. The van der Waals surface area contributed by atoms with E-state index in [2.05, 4.69) is 12.8 Å². The lowest BCUT2D eigenvalue weighted by Crippen LogP contribution is -2.04. The van der Waals surface area contributed by atoms with Crippen LogP contribution in [0.1, 0.15) is 32.6 Å². The molecule has 1 heterocycles. The summed E-state index contributed by atoms with van der Waals surface area (Å²) in [4.78, 5) is 0. The third-order valence-corrected chi connectivity index (χ3v) is 2.25. The van der Waals surface area contributed by atoms with E-state index in [4.69, 9.17) is 15.9 Å². The van der Waals surface area contributed by atoms with E-state index in [0.29, 0.717) is 25.4 Å². The number of hydrogen-bond donors (Lipinski definition) is 0. The first-order chi connectivity index (χ1) is 6.38. The highest BCUT2D eigenvalue weighted by Gasteiger charge is 2.37. The zero-order valence-electron chi connectivity index (χ0n) is 8.29. The molecular formula is C11H18O2. The molecule has 0 saturated carbocycles. The number of terminal acetylenes is 1. The Balaban J connectivity index is 1.88. The predicted octanol–water partition coefficient (Wildman–Crippen LogP) is 1.98. The van der Waals surface area contributed by atoms with Crippen molar-refractivity contribution >= 4 is 0 Å². The molecule has 0 unspecified atom stereocenters. The average molecular weight is 182 g/mol. The SMILES string of the molecule is C#CCOC[C@@H]1O[C@@H]1CCCCC. The molecule has 1 saturated heterocycles. The molecule has 1 rings (SSSR count). The zero-order valence-corrected chi connectivity index (χ0v) is 8.29. The quantitative estimate of drug-likeness (QED) is 0.341. The molecule has 0 bridgehead atoms. The molecule has 1 fully saturated rings. The second-order valence-corrected chi connectivity index (χ2v) is 3.43. The highest BCUT2D eigenvalue weighted by molar-refractivity contribution is 4.87. The highest BCUT2D eigenvalue weighted by atomic mass is 16.6. The number of rotatable bonds is 7. The van der Waals surface area contributed by atoms with Crippen LogP contribution in [0, 0.1) is 12.3 Å². The number of epoxide rings is 1. The Bertz CT molecular complexity index is 171. The maximum Gasteiger partial charge on any atom is 0.107 e. The van der Waals surface area contributed by atoms with Gasteiger partial charge < -0.3 is 9.47 Å². The van der Waals surface area contributed by atoms with Crippen molar-refractivity contribution in [3.8, 4) is 12.3 Å². The maximum absolute atomic E-state index is 5.42. The molecule has 0 aliphatic carbocycles. The van der Waals surface area contributed by atoms with E-state index in [1.54, 1.807) is 0 Å². The molecule has 13 heavy (non-hydrogen) atoms. The van der Waals surface area contributed by atoms with Gasteiger partial charge >= 0.3 is 0 Å². The van der Waals surface area contributed by atoms with E-state index in [0.717, 1.165) is 0 Å². The largest absolute Gasteiger partial charge is 0.367 e. The van der Waals surface area contributed by atoms with Gasteiger partial charge in [-0.2, -0.15) is 0 Å². The molecule has 2 nitrogen and oxygen atoms in total. The summed E-state index contributed by atoms with van der Waals surface area (Å²) in [7, 11) is 0. The Labute approximate surface area is 80.6 Å². The van der Waals surface area contributed by atoms with Gasteiger partial charge in [-0.15, -0.1) is 6.42 Å². The van der Waals surface area contributed by atoms with Crippen molar-refractivity contribution in [2.45, 2.75) is 44.8 Å². The molecule has 1 aliphatic heterocycles.